The summed E-state index contributed by atoms with van der Waals surface area (Å²) in [4.78, 5) is 3.86. The number of benzene rings is 2. The minimum Gasteiger partial charge on any atom is -0.496 e. The van der Waals surface area contributed by atoms with Gasteiger partial charge in [-0.3, -0.25) is 14.4 Å². The molecular formula is C18H16BrN3O5S2. The van der Waals surface area contributed by atoms with E-state index in [1.807, 2.05) is 0 Å². The van der Waals surface area contributed by atoms with Crippen LogP contribution in [0.25, 0.3) is 0 Å². The van der Waals surface area contributed by atoms with Gasteiger partial charge in [0.15, 0.2) is 0 Å². The lowest BCUT2D eigenvalue weighted by Gasteiger charge is -2.11. The van der Waals surface area contributed by atoms with Crippen molar-refractivity contribution in [1.29, 1.82) is 0 Å². The molecule has 29 heavy (non-hydrogen) atoms. The van der Waals surface area contributed by atoms with E-state index in [1.54, 1.807) is 12.1 Å². The number of hydrogen-bond donors (Lipinski definition) is 2. The molecule has 2 N–H and O–H groups in total. The van der Waals surface area contributed by atoms with Crippen molar-refractivity contribution in [2.24, 2.45) is 0 Å². The van der Waals surface area contributed by atoms with Gasteiger partial charge in [-0.15, -0.1) is 0 Å². The topological polar surface area (TPSA) is 114 Å². The third-order valence-electron chi connectivity index (χ3n) is 3.76. The average Bonchev–Trinajstić information content (AvgIpc) is 2.68. The monoisotopic (exact) mass is 497 g/mol. The summed E-state index contributed by atoms with van der Waals surface area (Å²) in [6.07, 6.45) is 2.91. The largest absolute Gasteiger partial charge is 0.496 e. The minimum atomic E-state index is -3.87. The molecule has 0 aliphatic heterocycles. The van der Waals surface area contributed by atoms with Crippen molar-refractivity contribution in [1.82, 2.24) is 4.98 Å². The van der Waals surface area contributed by atoms with Crippen LogP contribution in [0.2, 0.25) is 0 Å². The zero-order chi connectivity index (χ0) is 21.1. The van der Waals surface area contributed by atoms with Gasteiger partial charge in [-0.2, -0.15) is 0 Å². The van der Waals surface area contributed by atoms with Crippen LogP contribution in [-0.4, -0.2) is 28.9 Å². The summed E-state index contributed by atoms with van der Waals surface area (Å²) in [5.41, 5.74) is 0.541. The molecule has 0 aliphatic rings. The maximum atomic E-state index is 12.6. The van der Waals surface area contributed by atoms with E-state index in [2.05, 4.69) is 30.4 Å². The maximum Gasteiger partial charge on any atom is 0.261 e. The van der Waals surface area contributed by atoms with Crippen molar-refractivity contribution < 1.29 is 21.6 Å². The molecule has 3 rings (SSSR count). The van der Waals surface area contributed by atoms with Gasteiger partial charge in [0.1, 0.15) is 5.75 Å². The molecule has 0 amide bonds. The minimum absolute atomic E-state index is 0.0171. The van der Waals surface area contributed by atoms with E-state index in [-0.39, 0.29) is 15.5 Å². The number of rotatable bonds is 7. The molecule has 0 fully saturated rings. The van der Waals surface area contributed by atoms with Gasteiger partial charge in [0.2, 0.25) is 0 Å². The Labute approximate surface area is 177 Å². The standard InChI is InChI=1S/C18H16BrN3O5S2/c1-27-18-9-8-16(11-17(18)19)29(25,26)21-13-4-6-15(7-5-13)28(23,24)22-14-3-2-10-20-12-14/h2-12,21-22H,1H3. The lowest BCUT2D eigenvalue weighted by Crippen LogP contribution is -2.14. The molecule has 1 aromatic heterocycles. The van der Waals surface area contributed by atoms with Crippen LogP contribution in [0, 0.1) is 0 Å². The van der Waals surface area contributed by atoms with Gasteiger partial charge in [-0.05, 0) is 70.5 Å². The molecular weight excluding hydrogens is 482 g/mol. The summed E-state index contributed by atoms with van der Waals surface area (Å²) in [6.45, 7) is 0. The van der Waals surface area contributed by atoms with Crippen LogP contribution in [0.4, 0.5) is 11.4 Å². The molecule has 152 valence electrons. The van der Waals surface area contributed by atoms with Crippen LogP contribution in [0.15, 0.2) is 81.3 Å². The van der Waals surface area contributed by atoms with Crippen LogP contribution in [0.3, 0.4) is 0 Å². The van der Waals surface area contributed by atoms with Crippen molar-refractivity contribution in [3.63, 3.8) is 0 Å². The van der Waals surface area contributed by atoms with E-state index in [0.717, 1.165) is 0 Å². The molecule has 0 unspecified atom stereocenters. The molecule has 8 nitrogen and oxygen atoms in total. The second-order valence-electron chi connectivity index (χ2n) is 5.77. The second-order valence-corrected chi connectivity index (χ2v) is 9.99. The molecule has 0 aliphatic carbocycles. The summed E-state index contributed by atoms with van der Waals surface area (Å²) >= 11 is 3.25. The highest BCUT2D eigenvalue weighted by molar-refractivity contribution is 9.10. The van der Waals surface area contributed by atoms with Crippen molar-refractivity contribution in [3.05, 3.63) is 71.5 Å². The first kappa shape index (κ1) is 21.1. The Morgan fingerprint density at radius 3 is 2.07 bits per heavy atom. The summed E-state index contributed by atoms with van der Waals surface area (Å²) in [7, 11) is -6.22. The first-order chi connectivity index (χ1) is 13.7. The quantitative estimate of drug-likeness (QED) is 0.516. The van der Waals surface area contributed by atoms with Gasteiger partial charge < -0.3 is 4.74 Å². The van der Waals surface area contributed by atoms with E-state index in [4.69, 9.17) is 4.74 Å². The van der Waals surface area contributed by atoms with E-state index in [0.29, 0.717) is 15.9 Å². The average molecular weight is 498 g/mol. The normalized spacial score (nSPS) is 11.7. The Morgan fingerprint density at radius 2 is 1.48 bits per heavy atom. The zero-order valence-corrected chi connectivity index (χ0v) is 18.3. The van der Waals surface area contributed by atoms with Gasteiger partial charge in [-0.1, -0.05) is 0 Å². The van der Waals surface area contributed by atoms with Crippen LogP contribution < -0.4 is 14.2 Å². The molecule has 3 aromatic rings. The van der Waals surface area contributed by atoms with Crippen molar-refractivity contribution in [2.45, 2.75) is 9.79 Å². The first-order valence-corrected chi connectivity index (χ1v) is 11.9. The molecule has 0 bridgehead atoms. The number of methoxy groups -OCH3 is 1. The van der Waals surface area contributed by atoms with Crippen LogP contribution in [0.5, 0.6) is 5.75 Å². The summed E-state index contributed by atoms with van der Waals surface area (Å²) < 4.78 is 60.4. The number of aromatic nitrogens is 1. The summed E-state index contributed by atoms with van der Waals surface area (Å²) in [5.74, 6) is 0.500. The number of pyridine rings is 1. The predicted octanol–water partition coefficient (Wildman–Crippen LogP) is 3.45. The predicted molar refractivity (Wildman–Crippen MR) is 113 cm³/mol. The summed E-state index contributed by atoms with van der Waals surface area (Å²) in [6, 6.07) is 12.9. The molecule has 0 spiro atoms. The molecule has 11 heteroatoms. The molecule has 0 saturated carbocycles. The van der Waals surface area contributed by atoms with Gasteiger partial charge in [0.25, 0.3) is 20.0 Å². The van der Waals surface area contributed by atoms with Crippen molar-refractivity contribution >= 4 is 47.4 Å². The Balaban J connectivity index is 1.79. The van der Waals surface area contributed by atoms with Crippen LogP contribution in [0.1, 0.15) is 0 Å². The number of hydrogen-bond acceptors (Lipinski definition) is 6. The van der Waals surface area contributed by atoms with Gasteiger partial charge in [-0.25, -0.2) is 16.8 Å². The SMILES string of the molecule is COc1ccc(S(=O)(=O)Nc2ccc(S(=O)(=O)Nc3cccnc3)cc2)cc1Br. The van der Waals surface area contributed by atoms with Crippen molar-refractivity contribution in [3.8, 4) is 5.75 Å². The van der Waals surface area contributed by atoms with E-state index in [1.165, 1.54) is 62.0 Å². The zero-order valence-electron chi connectivity index (χ0n) is 15.0. The van der Waals surface area contributed by atoms with Crippen LogP contribution >= 0.6 is 15.9 Å². The highest BCUT2D eigenvalue weighted by atomic mass is 79.9. The third-order valence-corrected chi connectivity index (χ3v) is 7.16. The number of ether oxygens (including phenoxy) is 1. The Hall–Kier alpha value is -2.63. The molecule has 2 aromatic carbocycles. The number of nitrogens with one attached hydrogen (secondary N) is 2. The van der Waals surface area contributed by atoms with E-state index < -0.39 is 20.0 Å². The molecule has 1 heterocycles. The van der Waals surface area contributed by atoms with Crippen LogP contribution in [-0.2, 0) is 20.0 Å². The Morgan fingerprint density at radius 1 is 0.862 bits per heavy atom. The third kappa shape index (κ3) is 5.05. The van der Waals surface area contributed by atoms with E-state index >= 15 is 0 Å². The smallest absolute Gasteiger partial charge is 0.261 e. The second kappa shape index (κ2) is 8.39. The fraction of sp³-hybridized carbons (Fsp3) is 0.0556. The lowest BCUT2D eigenvalue weighted by atomic mass is 10.3. The Kier molecular flexibility index (Phi) is 6.10. The van der Waals surface area contributed by atoms with Gasteiger partial charge >= 0.3 is 0 Å². The molecule has 0 saturated heterocycles. The first-order valence-electron chi connectivity index (χ1n) is 8.10. The molecule has 0 atom stereocenters. The highest BCUT2D eigenvalue weighted by Gasteiger charge is 2.18. The van der Waals surface area contributed by atoms with Crippen molar-refractivity contribution in [2.75, 3.05) is 16.6 Å². The number of halogens is 1. The molecule has 0 radical (unpaired) electrons. The number of sulfonamides is 2. The van der Waals surface area contributed by atoms with Gasteiger partial charge in [0.05, 0.1) is 33.3 Å². The fourth-order valence-electron chi connectivity index (χ4n) is 2.37. The number of anilines is 2. The van der Waals surface area contributed by atoms with Gasteiger partial charge in [0, 0.05) is 11.9 Å². The summed E-state index contributed by atoms with van der Waals surface area (Å²) in [5, 5.41) is 0. The Bertz CT molecular complexity index is 1220. The fourth-order valence-corrected chi connectivity index (χ4v) is 5.19. The maximum absolute atomic E-state index is 12.6. The lowest BCUT2D eigenvalue weighted by molar-refractivity contribution is 0.411. The number of nitrogens with zero attached hydrogens (tertiary/aromatic N) is 1. The van der Waals surface area contributed by atoms with E-state index in [9.17, 15) is 16.8 Å². The highest BCUT2D eigenvalue weighted by Crippen LogP contribution is 2.28.